The molecular formula is C8H11Cl2N. The Hall–Kier alpha value is 0.0200. The molecule has 0 bridgehead atoms. The quantitative estimate of drug-likeness (QED) is 0.607. The van der Waals surface area contributed by atoms with Crippen LogP contribution in [0.5, 0.6) is 0 Å². The minimum absolute atomic E-state index is 0.770. The van der Waals surface area contributed by atoms with E-state index < -0.39 is 0 Å². The molecule has 1 nitrogen and oxygen atoms in total. The van der Waals surface area contributed by atoms with Crippen LogP contribution in [0.3, 0.4) is 0 Å². The normalized spacial score (nSPS) is 20.5. The van der Waals surface area contributed by atoms with E-state index in [9.17, 15) is 0 Å². The molecule has 62 valence electrons. The number of hydrogen-bond donors (Lipinski definition) is 0. The summed E-state index contributed by atoms with van der Waals surface area (Å²) in [6.45, 7) is 6.31. The lowest BCUT2D eigenvalue weighted by Gasteiger charge is -2.24. The third-order valence-electron chi connectivity index (χ3n) is 1.69. The summed E-state index contributed by atoms with van der Waals surface area (Å²) < 4.78 is 0. The van der Waals surface area contributed by atoms with Crippen LogP contribution in [0.4, 0.5) is 0 Å². The number of rotatable bonds is 2. The molecule has 0 N–H and O–H groups in total. The third-order valence-corrected chi connectivity index (χ3v) is 2.55. The van der Waals surface area contributed by atoms with E-state index in [0.29, 0.717) is 0 Å². The molecule has 1 heterocycles. The lowest BCUT2D eigenvalue weighted by atomic mass is 10.2. The molecule has 0 aromatic heterocycles. The second-order valence-corrected chi connectivity index (χ2v) is 3.50. The highest BCUT2D eigenvalue weighted by atomic mass is 35.5. The minimum Gasteiger partial charge on any atom is -0.294 e. The highest BCUT2D eigenvalue weighted by Gasteiger charge is 2.14. The average molecular weight is 192 g/mol. The minimum atomic E-state index is 0.770. The van der Waals surface area contributed by atoms with Crippen LogP contribution in [0.1, 0.15) is 6.42 Å². The van der Waals surface area contributed by atoms with Crippen LogP contribution in [0.25, 0.3) is 0 Å². The van der Waals surface area contributed by atoms with E-state index in [-0.39, 0.29) is 0 Å². The molecule has 1 aliphatic heterocycles. The maximum atomic E-state index is 5.87. The second kappa shape index (κ2) is 4.15. The molecule has 0 fully saturated rings. The van der Waals surface area contributed by atoms with Gasteiger partial charge in [-0.2, -0.15) is 0 Å². The largest absolute Gasteiger partial charge is 0.294 e. The van der Waals surface area contributed by atoms with Gasteiger partial charge >= 0.3 is 0 Å². The van der Waals surface area contributed by atoms with E-state index in [1.54, 1.807) is 0 Å². The Balaban J connectivity index is 2.50. The molecule has 0 aromatic rings. The van der Waals surface area contributed by atoms with Crippen molar-refractivity contribution in [2.75, 3.05) is 19.6 Å². The van der Waals surface area contributed by atoms with Gasteiger partial charge in [0.1, 0.15) is 0 Å². The van der Waals surface area contributed by atoms with Crippen molar-refractivity contribution < 1.29 is 0 Å². The molecule has 0 saturated carbocycles. The van der Waals surface area contributed by atoms with Crippen molar-refractivity contribution in [3.05, 3.63) is 22.7 Å². The molecule has 0 saturated heterocycles. The van der Waals surface area contributed by atoms with Crippen LogP contribution >= 0.6 is 23.2 Å². The van der Waals surface area contributed by atoms with Gasteiger partial charge in [-0.05, 0) is 6.42 Å². The summed E-state index contributed by atoms with van der Waals surface area (Å²) in [5.41, 5.74) is 0. The zero-order valence-electron chi connectivity index (χ0n) is 6.32. The summed E-state index contributed by atoms with van der Waals surface area (Å²) in [6, 6.07) is 0. The van der Waals surface area contributed by atoms with Crippen molar-refractivity contribution >= 4 is 23.2 Å². The van der Waals surface area contributed by atoms with Gasteiger partial charge in [0.2, 0.25) is 0 Å². The first kappa shape index (κ1) is 9.11. The fourth-order valence-corrected chi connectivity index (χ4v) is 1.50. The standard InChI is InChI=1S/C8H11Cl2N/c1-2-4-11-5-3-7(9)8(10)6-11/h2H,1,3-6H2. The van der Waals surface area contributed by atoms with E-state index >= 15 is 0 Å². The third kappa shape index (κ3) is 2.51. The molecule has 1 rings (SSSR count). The van der Waals surface area contributed by atoms with Gasteiger partial charge in [0.15, 0.2) is 0 Å². The zero-order valence-corrected chi connectivity index (χ0v) is 7.83. The summed E-state index contributed by atoms with van der Waals surface area (Å²) in [5.74, 6) is 0. The highest BCUT2D eigenvalue weighted by Crippen LogP contribution is 2.23. The van der Waals surface area contributed by atoms with Gasteiger partial charge in [-0.25, -0.2) is 0 Å². The first-order valence-corrected chi connectivity index (χ1v) is 4.36. The van der Waals surface area contributed by atoms with Gasteiger partial charge in [0.25, 0.3) is 0 Å². The molecule has 11 heavy (non-hydrogen) atoms. The van der Waals surface area contributed by atoms with Gasteiger partial charge in [0, 0.05) is 29.7 Å². The molecule has 0 spiro atoms. The van der Waals surface area contributed by atoms with Crippen LogP contribution < -0.4 is 0 Å². The molecule has 0 aliphatic carbocycles. The lowest BCUT2D eigenvalue weighted by molar-refractivity contribution is 0.326. The Morgan fingerprint density at radius 2 is 2.18 bits per heavy atom. The van der Waals surface area contributed by atoms with E-state index in [4.69, 9.17) is 23.2 Å². The fourth-order valence-electron chi connectivity index (χ4n) is 1.09. The summed E-state index contributed by atoms with van der Waals surface area (Å²) in [7, 11) is 0. The summed E-state index contributed by atoms with van der Waals surface area (Å²) >= 11 is 11.7. The molecule has 1 aliphatic rings. The van der Waals surface area contributed by atoms with Crippen LogP contribution in [-0.4, -0.2) is 24.5 Å². The Bertz CT molecular complexity index is 187. The van der Waals surface area contributed by atoms with Crippen LogP contribution in [0.2, 0.25) is 0 Å². The van der Waals surface area contributed by atoms with Crippen molar-refractivity contribution in [2.24, 2.45) is 0 Å². The first-order chi connectivity index (χ1) is 5.24. The molecule has 3 heteroatoms. The van der Waals surface area contributed by atoms with Crippen LogP contribution in [0.15, 0.2) is 22.7 Å². The van der Waals surface area contributed by atoms with Gasteiger partial charge < -0.3 is 0 Å². The van der Waals surface area contributed by atoms with Gasteiger partial charge in [-0.3, -0.25) is 4.90 Å². The van der Waals surface area contributed by atoms with E-state index in [0.717, 1.165) is 36.1 Å². The van der Waals surface area contributed by atoms with Crippen molar-refractivity contribution in [1.82, 2.24) is 4.90 Å². The zero-order chi connectivity index (χ0) is 8.27. The molecule has 0 amide bonds. The predicted molar refractivity (Wildman–Crippen MR) is 50.0 cm³/mol. The maximum Gasteiger partial charge on any atom is 0.0466 e. The van der Waals surface area contributed by atoms with E-state index in [1.807, 2.05) is 6.08 Å². The Morgan fingerprint density at radius 1 is 1.45 bits per heavy atom. The Labute approximate surface area is 77.3 Å². The molecule has 0 aromatic carbocycles. The average Bonchev–Trinajstić information content (AvgIpc) is 1.98. The summed E-state index contributed by atoms with van der Waals surface area (Å²) in [6.07, 6.45) is 2.75. The smallest absolute Gasteiger partial charge is 0.0466 e. The van der Waals surface area contributed by atoms with Crippen molar-refractivity contribution in [2.45, 2.75) is 6.42 Å². The SMILES string of the molecule is C=CCN1CCC(Cl)=C(Cl)C1. The monoisotopic (exact) mass is 191 g/mol. The maximum absolute atomic E-state index is 5.87. The topological polar surface area (TPSA) is 3.24 Å². The molecule has 0 radical (unpaired) electrons. The Kier molecular flexibility index (Phi) is 3.44. The second-order valence-electron chi connectivity index (χ2n) is 2.58. The van der Waals surface area contributed by atoms with Crippen LogP contribution in [0, 0.1) is 0 Å². The number of hydrogen-bond acceptors (Lipinski definition) is 1. The molecule has 0 unspecified atom stereocenters. The van der Waals surface area contributed by atoms with E-state index in [1.165, 1.54) is 0 Å². The van der Waals surface area contributed by atoms with Gasteiger partial charge in [-0.15, -0.1) is 6.58 Å². The predicted octanol–water partition coefficient (Wildman–Crippen LogP) is 2.57. The van der Waals surface area contributed by atoms with Gasteiger partial charge in [-0.1, -0.05) is 29.3 Å². The fraction of sp³-hybridized carbons (Fsp3) is 0.500. The molecule has 0 atom stereocenters. The lowest BCUT2D eigenvalue weighted by Crippen LogP contribution is -2.29. The molecular weight excluding hydrogens is 181 g/mol. The number of nitrogens with zero attached hydrogens (tertiary/aromatic N) is 1. The van der Waals surface area contributed by atoms with Gasteiger partial charge in [0.05, 0.1) is 0 Å². The van der Waals surface area contributed by atoms with E-state index in [2.05, 4.69) is 11.5 Å². The summed E-state index contributed by atoms with van der Waals surface area (Å²) in [5, 5.41) is 1.59. The van der Waals surface area contributed by atoms with Crippen molar-refractivity contribution in [1.29, 1.82) is 0 Å². The summed E-state index contributed by atoms with van der Waals surface area (Å²) in [4.78, 5) is 2.21. The first-order valence-electron chi connectivity index (χ1n) is 3.60. The highest BCUT2D eigenvalue weighted by molar-refractivity contribution is 6.39. The number of halogens is 2. The van der Waals surface area contributed by atoms with Crippen molar-refractivity contribution in [3.63, 3.8) is 0 Å². The van der Waals surface area contributed by atoms with Crippen LogP contribution in [-0.2, 0) is 0 Å². The Morgan fingerprint density at radius 3 is 2.73 bits per heavy atom. The van der Waals surface area contributed by atoms with Crippen molar-refractivity contribution in [3.8, 4) is 0 Å².